The van der Waals surface area contributed by atoms with E-state index < -0.39 is 0 Å². The molecule has 2 aromatic rings. The van der Waals surface area contributed by atoms with Gasteiger partial charge < -0.3 is 4.57 Å². The summed E-state index contributed by atoms with van der Waals surface area (Å²) in [6, 6.07) is 5.67. The van der Waals surface area contributed by atoms with Crippen LogP contribution in [0.1, 0.15) is 51.6 Å². The van der Waals surface area contributed by atoms with Crippen LogP contribution in [0.2, 0.25) is 10.0 Å². The molecule has 0 aliphatic carbocycles. The third-order valence-corrected chi connectivity index (χ3v) is 4.94. The first kappa shape index (κ1) is 17.7. The molecule has 0 amide bonds. The van der Waals surface area contributed by atoms with Crippen LogP contribution in [0.3, 0.4) is 0 Å². The Morgan fingerprint density at radius 1 is 1.14 bits per heavy atom. The quantitative estimate of drug-likeness (QED) is 0.592. The largest absolute Gasteiger partial charge is 0.323 e. The van der Waals surface area contributed by atoms with E-state index in [1.165, 1.54) is 10.9 Å². The van der Waals surface area contributed by atoms with E-state index in [0.29, 0.717) is 16.0 Å². The van der Waals surface area contributed by atoms with Crippen LogP contribution in [0.5, 0.6) is 0 Å². The molecule has 2 rings (SSSR count). The van der Waals surface area contributed by atoms with E-state index in [1.807, 2.05) is 12.1 Å². The molecular weight excluding hydrogens is 335 g/mol. The van der Waals surface area contributed by atoms with E-state index in [4.69, 9.17) is 28.2 Å². The van der Waals surface area contributed by atoms with Crippen molar-refractivity contribution in [1.82, 2.24) is 9.55 Å². The van der Waals surface area contributed by atoms with Gasteiger partial charge in [-0.05, 0) is 37.5 Å². The molecule has 2 nitrogen and oxygen atoms in total. The van der Waals surface area contributed by atoms with Crippen LogP contribution in [0.15, 0.2) is 28.1 Å². The Labute approximate surface area is 147 Å². The van der Waals surface area contributed by atoms with Gasteiger partial charge >= 0.3 is 0 Å². The maximum atomic E-state index is 6.13. The van der Waals surface area contributed by atoms with Gasteiger partial charge in [-0.15, -0.1) is 0 Å². The summed E-state index contributed by atoms with van der Waals surface area (Å²) in [6.07, 6.45) is 2.10. The fourth-order valence-electron chi connectivity index (χ4n) is 2.43. The molecule has 0 aliphatic rings. The molecule has 120 valence electrons. The van der Waals surface area contributed by atoms with Crippen LogP contribution >= 0.6 is 35.0 Å². The molecule has 0 unspecified atom stereocenters. The lowest BCUT2D eigenvalue weighted by Crippen LogP contribution is -2.03. The van der Waals surface area contributed by atoms with Gasteiger partial charge in [0.1, 0.15) is 10.9 Å². The van der Waals surface area contributed by atoms with Gasteiger partial charge in [-0.25, -0.2) is 4.98 Å². The molecule has 1 heterocycles. The highest BCUT2D eigenvalue weighted by molar-refractivity contribution is 7.99. The Balaban J connectivity index is 2.47. The number of aryl methyl sites for hydroxylation is 1. The zero-order chi connectivity index (χ0) is 16.3. The predicted octanol–water partition coefficient (Wildman–Crippen LogP) is 6.44. The lowest BCUT2D eigenvalue weighted by atomic mass is 10.1. The Morgan fingerprint density at radius 3 is 2.27 bits per heavy atom. The average molecular weight is 357 g/mol. The van der Waals surface area contributed by atoms with Crippen molar-refractivity contribution in [2.45, 2.75) is 62.9 Å². The number of hydrogen-bond acceptors (Lipinski definition) is 2. The molecule has 5 heteroatoms. The molecule has 1 aromatic heterocycles. The van der Waals surface area contributed by atoms with Crippen molar-refractivity contribution < 1.29 is 0 Å². The van der Waals surface area contributed by atoms with Crippen LogP contribution in [-0.4, -0.2) is 9.55 Å². The topological polar surface area (TPSA) is 17.8 Å². The summed E-state index contributed by atoms with van der Waals surface area (Å²) < 4.78 is 2.32. The number of halogens is 2. The molecule has 0 bridgehead atoms. The fraction of sp³-hybridized carbons (Fsp3) is 0.471. The van der Waals surface area contributed by atoms with E-state index in [2.05, 4.69) is 32.3 Å². The third-order valence-electron chi connectivity index (χ3n) is 3.41. The SMILES string of the molecule is CCCc1nc(C(C)C)c(Sc2cc(Cl)cc(Cl)c2)n1CC. The molecule has 0 radical (unpaired) electrons. The first-order valence-electron chi connectivity index (χ1n) is 7.69. The van der Waals surface area contributed by atoms with Crippen molar-refractivity contribution in [1.29, 1.82) is 0 Å². The van der Waals surface area contributed by atoms with Gasteiger partial charge in [0.05, 0.1) is 5.69 Å². The number of nitrogens with zero attached hydrogens (tertiary/aromatic N) is 2. The van der Waals surface area contributed by atoms with Crippen LogP contribution in [0.4, 0.5) is 0 Å². The summed E-state index contributed by atoms with van der Waals surface area (Å²) >= 11 is 14.0. The van der Waals surface area contributed by atoms with E-state index in [-0.39, 0.29) is 0 Å². The number of imidazole rings is 1. The molecule has 0 N–H and O–H groups in total. The Bertz CT molecular complexity index is 630. The molecule has 0 saturated heterocycles. The molecule has 1 aromatic carbocycles. The monoisotopic (exact) mass is 356 g/mol. The molecule has 0 saturated carbocycles. The van der Waals surface area contributed by atoms with Crippen LogP contribution in [0.25, 0.3) is 0 Å². The van der Waals surface area contributed by atoms with Gasteiger partial charge in [0, 0.05) is 27.9 Å². The molecular formula is C17H22Cl2N2S. The highest BCUT2D eigenvalue weighted by Crippen LogP contribution is 2.37. The predicted molar refractivity (Wildman–Crippen MR) is 96.6 cm³/mol. The van der Waals surface area contributed by atoms with Crippen molar-refractivity contribution in [2.24, 2.45) is 0 Å². The van der Waals surface area contributed by atoms with Crippen molar-refractivity contribution in [3.63, 3.8) is 0 Å². The van der Waals surface area contributed by atoms with E-state index in [9.17, 15) is 0 Å². The minimum absolute atomic E-state index is 0.389. The van der Waals surface area contributed by atoms with Gasteiger partial charge in [0.2, 0.25) is 0 Å². The maximum Gasteiger partial charge on any atom is 0.109 e. The molecule has 0 atom stereocenters. The molecule has 22 heavy (non-hydrogen) atoms. The summed E-state index contributed by atoms with van der Waals surface area (Å²) in [4.78, 5) is 5.94. The second-order valence-electron chi connectivity index (χ2n) is 5.57. The fourth-order valence-corrected chi connectivity index (χ4v) is 4.41. The second kappa shape index (κ2) is 7.76. The molecule has 0 spiro atoms. The van der Waals surface area contributed by atoms with Gasteiger partial charge in [0.15, 0.2) is 0 Å². The van der Waals surface area contributed by atoms with Crippen molar-refractivity contribution in [3.8, 4) is 0 Å². The highest BCUT2D eigenvalue weighted by atomic mass is 35.5. The number of hydrogen-bond donors (Lipinski definition) is 0. The lowest BCUT2D eigenvalue weighted by Gasteiger charge is -2.11. The normalized spacial score (nSPS) is 11.4. The summed E-state index contributed by atoms with van der Waals surface area (Å²) in [5.74, 6) is 1.56. The minimum Gasteiger partial charge on any atom is -0.323 e. The standard InChI is InChI=1S/C17H22Cl2N2S/c1-5-7-15-20-16(11(3)4)17(21(15)6-2)22-14-9-12(18)8-13(19)10-14/h8-11H,5-7H2,1-4H3. The lowest BCUT2D eigenvalue weighted by molar-refractivity contribution is 0.636. The van der Waals surface area contributed by atoms with E-state index in [0.717, 1.165) is 30.0 Å². The summed E-state index contributed by atoms with van der Waals surface area (Å²) in [5.41, 5.74) is 1.16. The summed E-state index contributed by atoms with van der Waals surface area (Å²) in [6.45, 7) is 9.65. The zero-order valence-corrected chi connectivity index (χ0v) is 15.8. The average Bonchev–Trinajstić information content (AvgIpc) is 2.76. The highest BCUT2D eigenvalue weighted by Gasteiger charge is 2.19. The number of benzene rings is 1. The zero-order valence-electron chi connectivity index (χ0n) is 13.5. The van der Waals surface area contributed by atoms with E-state index in [1.54, 1.807) is 17.8 Å². The number of rotatable bonds is 6. The Kier molecular flexibility index (Phi) is 6.25. The third kappa shape index (κ3) is 4.01. The smallest absolute Gasteiger partial charge is 0.109 e. The van der Waals surface area contributed by atoms with Crippen molar-refractivity contribution in [2.75, 3.05) is 0 Å². The first-order valence-corrected chi connectivity index (χ1v) is 9.26. The van der Waals surface area contributed by atoms with Gasteiger partial charge in [0.25, 0.3) is 0 Å². The van der Waals surface area contributed by atoms with Crippen LogP contribution < -0.4 is 0 Å². The Hall–Kier alpha value is -0.640. The summed E-state index contributed by atoms with van der Waals surface area (Å²) in [7, 11) is 0. The van der Waals surface area contributed by atoms with Crippen molar-refractivity contribution in [3.05, 3.63) is 39.8 Å². The minimum atomic E-state index is 0.389. The second-order valence-corrected chi connectivity index (χ2v) is 7.51. The summed E-state index contributed by atoms with van der Waals surface area (Å²) in [5, 5.41) is 2.54. The Morgan fingerprint density at radius 2 is 1.77 bits per heavy atom. The van der Waals surface area contributed by atoms with E-state index >= 15 is 0 Å². The number of aromatic nitrogens is 2. The van der Waals surface area contributed by atoms with Gasteiger partial charge in [-0.1, -0.05) is 55.7 Å². The molecule has 0 fully saturated rings. The first-order chi connectivity index (χ1) is 10.5. The van der Waals surface area contributed by atoms with Crippen LogP contribution in [0, 0.1) is 0 Å². The van der Waals surface area contributed by atoms with Gasteiger partial charge in [-0.3, -0.25) is 0 Å². The van der Waals surface area contributed by atoms with Gasteiger partial charge in [-0.2, -0.15) is 0 Å². The van der Waals surface area contributed by atoms with Crippen molar-refractivity contribution >= 4 is 35.0 Å². The molecule has 0 aliphatic heterocycles. The maximum absolute atomic E-state index is 6.13. The van der Waals surface area contributed by atoms with Crippen LogP contribution in [-0.2, 0) is 13.0 Å².